The average molecular weight is 585 g/mol. The molecule has 0 radical (unpaired) electrons. The van der Waals surface area contributed by atoms with Crippen LogP contribution in [-0.4, -0.2) is 6.61 Å². The van der Waals surface area contributed by atoms with Crippen LogP contribution >= 0.6 is 0 Å². The number of alkyl halides is 2. The first-order chi connectivity index (χ1) is 19.4. The van der Waals surface area contributed by atoms with Crippen molar-refractivity contribution in [2.24, 2.45) is 17.8 Å². The van der Waals surface area contributed by atoms with Gasteiger partial charge in [-0.15, -0.1) is 0 Å². The summed E-state index contributed by atoms with van der Waals surface area (Å²) >= 11 is 0. The second-order valence-corrected chi connectivity index (χ2v) is 10.9. The fourth-order valence-electron chi connectivity index (χ4n) is 6.22. The van der Waals surface area contributed by atoms with Crippen LogP contribution in [-0.2, 0) is 12.5 Å². The van der Waals surface area contributed by atoms with Gasteiger partial charge in [-0.25, -0.2) is 26.3 Å². The van der Waals surface area contributed by atoms with E-state index in [1.165, 1.54) is 13.0 Å². The molecule has 1 aliphatic carbocycles. The van der Waals surface area contributed by atoms with Crippen LogP contribution in [0.1, 0.15) is 55.7 Å². The Kier molecular flexibility index (Phi) is 7.96. The summed E-state index contributed by atoms with van der Waals surface area (Å²) in [4.78, 5) is 0. The highest BCUT2D eigenvalue weighted by Crippen LogP contribution is 2.44. The van der Waals surface area contributed by atoms with E-state index in [4.69, 9.17) is 4.74 Å². The Morgan fingerprint density at radius 3 is 2.00 bits per heavy atom. The summed E-state index contributed by atoms with van der Waals surface area (Å²) in [5, 5.41) is 0. The van der Waals surface area contributed by atoms with Crippen LogP contribution in [0.4, 0.5) is 35.1 Å². The van der Waals surface area contributed by atoms with Gasteiger partial charge >= 0.3 is 6.11 Å². The van der Waals surface area contributed by atoms with Crippen molar-refractivity contribution in [1.29, 1.82) is 0 Å². The van der Waals surface area contributed by atoms with E-state index in [1.807, 2.05) is 0 Å². The van der Waals surface area contributed by atoms with E-state index in [0.717, 1.165) is 38.0 Å². The summed E-state index contributed by atoms with van der Waals surface area (Å²) in [7, 11) is 0. The minimum absolute atomic E-state index is 0.114. The first-order valence-electron chi connectivity index (χ1n) is 13.6. The lowest BCUT2D eigenvalue weighted by atomic mass is 9.73. The third kappa shape index (κ3) is 5.62. The normalized spacial score (nSPS) is 20.9. The number of ether oxygens (including phenoxy) is 2. The van der Waals surface area contributed by atoms with Gasteiger partial charge in [-0.05, 0) is 73.3 Å². The van der Waals surface area contributed by atoms with E-state index in [-0.39, 0.29) is 34.7 Å². The zero-order chi connectivity index (χ0) is 29.6. The fourth-order valence-corrected chi connectivity index (χ4v) is 6.22. The molecule has 1 aliphatic heterocycles. The van der Waals surface area contributed by atoms with Gasteiger partial charge in [0.1, 0.15) is 34.5 Å². The lowest BCUT2D eigenvalue weighted by molar-refractivity contribution is -0.189. The predicted molar refractivity (Wildman–Crippen MR) is 136 cm³/mol. The van der Waals surface area contributed by atoms with E-state index in [2.05, 4.69) is 11.7 Å². The topological polar surface area (TPSA) is 18.5 Å². The minimum Gasteiger partial charge on any atom is -0.493 e. The number of hydrogen-bond donors (Lipinski definition) is 0. The molecule has 0 bridgehead atoms. The van der Waals surface area contributed by atoms with Gasteiger partial charge in [-0.1, -0.05) is 26.2 Å². The molecule has 3 aromatic carbocycles. The standard InChI is InChI=1S/C31H28F8O2/c1-3-16-4-6-17(7-5-16)20-8-19-11-22(32)27(15(2)30(19)40-14-20)18-9-23(33)28(24(34)10-18)31(38,39)41-21-12-25(35)29(37)26(36)13-21/h9-13,16-17,20H,3-8,14H2,1-2H3/t16?,17?,20-/m0/s1. The molecular formula is C31H28F8O2. The van der Waals surface area contributed by atoms with Crippen molar-refractivity contribution in [2.75, 3.05) is 6.61 Å². The Hall–Kier alpha value is -3.30. The molecule has 0 N–H and O–H groups in total. The molecule has 1 saturated carbocycles. The van der Waals surface area contributed by atoms with Crippen LogP contribution in [0.25, 0.3) is 11.1 Å². The minimum atomic E-state index is -4.75. The van der Waals surface area contributed by atoms with E-state index in [1.54, 1.807) is 0 Å². The molecule has 1 fully saturated rings. The summed E-state index contributed by atoms with van der Waals surface area (Å²) in [6.07, 6.45) is 1.51. The Morgan fingerprint density at radius 2 is 1.41 bits per heavy atom. The molecule has 0 aromatic heterocycles. The Bertz CT molecular complexity index is 1420. The van der Waals surface area contributed by atoms with E-state index >= 15 is 4.39 Å². The van der Waals surface area contributed by atoms with Crippen LogP contribution in [0.15, 0.2) is 30.3 Å². The fraction of sp³-hybridized carbons (Fsp3) is 0.419. The number of fused-ring (bicyclic) bond motifs is 1. The smallest absolute Gasteiger partial charge is 0.432 e. The molecule has 1 heterocycles. The number of rotatable bonds is 6. The lowest BCUT2D eigenvalue weighted by Crippen LogP contribution is -2.31. The van der Waals surface area contributed by atoms with Crippen molar-refractivity contribution in [3.63, 3.8) is 0 Å². The van der Waals surface area contributed by atoms with Crippen molar-refractivity contribution in [1.82, 2.24) is 0 Å². The predicted octanol–water partition coefficient (Wildman–Crippen LogP) is 9.39. The van der Waals surface area contributed by atoms with Crippen molar-refractivity contribution >= 4 is 0 Å². The third-order valence-corrected chi connectivity index (χ3v) is 8.43. The molecule has 0 saturated heterocycles. The molecule has 2 nitrogen and oxygen atoms in total. The van der Waals surface area contributed by atoms with Crippen LogP contribution in [0.2, 0.25) is 0 Å². The van der Waals surface area contributed by atoms with Crippen LogP contribution in [0.3, 0.4) is 0 Å². The maximum Gasteiger partial charge on any atom is 0.432 e. The number of benzene rings is 3. The van der Waals surface area contributed by atoms with Gasteiger partial charge in [0.25, 0.3) is 0 Å². The van der Waals surface area contributed by atoms with E-state index in [9.17, 15) is 30.7 Å². The van der Waals surface area contributed by atoms with Crippen LogP contribution in [0, 0.1) is 59.6 Å². The molecule has 41 heavy (non-hydrogen) atoms. The SMILES string of the molecule is CCC1CCC([C@@H]2COc3c(cc(F)c(-c4cc(F)c(C(F)(F)Oc5cc(F)c(F)c(F)c5)c(F)c4)c3C)C2)CC1. The quantitative estimate of drug-likeness (QED) is 0.212. The molecule has 1 atom stereocenters. The summed E-state index contributed by atoms with van der Waals surface area (Å²) in [5.41, 5.74) is -1.49. The average Bonchev–Trinajstić information content (AvgIpc) is 2.90. The monoisotopic (exact) mass is 584 g/mol. The molecule has 2 aliphatic rings. The highest BCUT2D eigenvalue weighted by Gasteiger charge is 2.42. The van der Waals surface area contributed by atoms with Gasteiger partial charge in [0.15, 0.2) is 17.5 Å². The zero-order valence-electron chi connectivity index (χ0n) is 22.4. The Morgan fingerprint density at radius 1 is 0.805 bits per heavy atom. The molecule has 220 valence electrons. The zero-order valence-corrected chi connectivity index (χ0v) is 22.4. The molecular weight excluding hydrogens is 556 g/mol. The lowest BCUT2D eigenvalue weighted by Gasteiger charge is -2.36. The largest absolute Gasteiger partial charge is 0.493 e. The summed E-state index contributed by atoms with van der Waals surface area (Å²) in [6.45, 7) is 4.15. The van der Waals surface area contributed by atoms with Gasteiger partial charge in [0.05, 0.1) is 6.61 Å². The second-order valence-electron chi connectivity index (χ2n) is 10.9. The molecule has 10 heteroatoms. The van der Waals surface area contributed by atoms with E-state index < -0.39 is 52.3 Å². The Labute approximate surface area is 232 Å². The van der Waals surface area contributed by atoms with Gasteiger partial charge in [-0.3, -0.25) is 0 Å². The summed E-state index contributed by atoms with van der Waals surface area (Å²) < 4.78 is 125. The first kappa shape index (κ1) is 29.2. The van der Waals surface area contributed by atoms with Gasteiger partial charge in [0.2, 0.25) is 0 Å². The van der Waals surface area contributed by atoms with Crippen molar-refractivity contribution in [3.8, 4) is 22.6 Å². The van der Waals surface area contributed by atoms with Gasteiger partial charge < -0.3 is 9.47 Å². The highest BCUT2D eigenvalue weighted by molar-refractivity contribution is 5.72. The second kappa shape index (κ2) is 11.2. The molecule has 0 amide bonds. The molecule has 0 unspecified atom stereocenters. The van der Waals surface area contributed by atoms with Gasteiger partial charge in [0, 0.05) is 23.3 Å². The third-order valence-electron chi connectivity index (χ3n) is 8.43. The summed E-state index contributed by atoms with van der Waals surface area (Å²) in [6, 6.07) is 2.54. The van der Waals surface area contributed by atoms with Crippen molar-refractivity contribution in [2.45, 2.75) is 58.5 Å². The number of hydrogen-bond acceptors (Lipinski definition) is 2. The highest BCUT2D eigenvalue weighted by atomic mass is 19.3. The summed E-state index contributed by atoms with van der Waals surface area (Å²) in [5.74, 6) is -9.31. The van der Waals surface area contributed by atoms with Crippen molar-refractivity contribution in [3.05, 3.63) is 81.9 Å². The van der Waals surface area contributed by atoms with Crippen LogP contribution < -0.4 is 9.47 Å². The molecule has 5 rings (SSSR count). The van der Waals surface area contributed by atoms with E-state index in [0.29, 0.717) is 42.4 Å². The maximum absolute atomic E-state index is 15.4. The van der Waals surface area contributed by atoms with Crippen molar-refractivity contribution < 1.29 is 44.6 Å². The Balaban J connectivity index is 1.42. The van der Waals surface area contributed by atoms with Crippen LogP contribution in [0.5, 0.6) is 11.5 Å². The maximum atomic E-state index is 15.4. The molecule has 3 aromatic rings. The molecule has 0 spiro atoms. The first-order valence-corrected chi connectivity index (χ1v) is 13.6. The van der Waals surface area contributed by atoms with Gasteiger partial charge in [-0.2, -0.15) is 8.78 Å². The number of halogens is 8.